The molecule has 1 unspecified atom stereocenters. The van der Waals surface area contributed by atoms with E-state index in [0.29, 0.717) is 10.0 Å². The number of methoxy groups -OCH3 is 1. The van der Waals surface area contributed by atoms with Gasteiger partial charge in [0.25, 0.3) is 0 Å². The molecule has 184 valence electrons. The highest BCUT2D eigenvalue weighted by molar-refractivity contribution is 9.10. The Morgan fingerprint density at radius 2 is 1.94 bits per heavy atom. The molecule has 1 atom stereocenters. The maximum Gasteiger partial charge on any atom is 0.339 e. The lowest BCUT2D eigenvalue weighted by molar-refractivity contribution is -0.121. The number of unbranched alkanes of at least 4 members (excludes halogenated alkanes) is 1. The Morgan fingerprint density at radius 1 is 1.21 bits per heavy atom. The van der Waals surface area contributed by atoms with E-state index in [2.05, 4.69) is 58.2 Å². The predicted molar refractivity (Wildman–Crippen MR) is 139 cm³/mol. The van der Waals surface area contributed by atoms with Crippen LogP contribution in [0.15, 0.2) is 34.8 Å². The summed E-state index contributed by atoms with van der Waals surface area (Å²) in [5, 5.41) is 12.7. The SMILES string of the molecule is CCCCC(NC(=O)Cc1cc(OC)c(C(=O)O)cc1Br)c1c(C)cccc1N1CCCCC1. The molecule has 34 heavy (non-hydrogen) atoms. The summed E-state index contributed by atoms with van der Waals surface area (Å²) in [4.78, 5) is 27.2. The fraction of sp³-hybridized carbons (Fsp3) is 0.481. The van der Waals surface area contributed by atoms with E-state index in [0.717, 1.165) is 32.4 Å². The van der Waals surface area contributed by atoms with Gasteiger partial charge in [-0.2, -0.15) is 0 Å². The van der Waals surface area contributed by atoms with E-state index >= 15 is 0 Å². The number of amides is 1. The second-order valence-corrected chi connectivity index (χ2v) is 9.80. The van der Waals surface area contributed by atoms with Gasteiger partial charge in [-0.3, -0.25) is 4.79 Å². The third kappa shape index (κ3) is 6.32. The third-order valence-corrected chi connectivity index (χ3v) is 7.22. The van der Waals surface area contributed by atoms with Gasteiger partial charge in [-0.05, 0) is 61.9 Å². The quantitative estimate of drug-likeness (QED) is 0.391. The van der Waals surface area contributed by atoms with Crippen LogP contribution in [0.2, 0.25) is 0 Å². The van der Waals surface area contributed by atoms with Gasteiger partial charge in [0.2, 0.25) is 5.91 Å². The van der Waals surface area contributed by atoms with Gasteiger partial charge in [-0.1, -0.05) is 47.8 Å². The van der Waals surface area contributed by atoms with Crippen LogP contribution in [-0.4, -0.2) is 37.2 Å². The molecule has 0 aliphatic carbocycles. The highest BCUT2D eigenvalue weighted by Gasteiger charge is 2.24. The number of anilines is 1. The Hall–Kier alpha value is -2.54. The number of nitrogens with one attached hydrogen (secondary N) is 1. The fourth-order valence-corrected chi connectivity index (χ4v) is 5.19. The topological polar surface area (TPSA) is 78.9 Å². The number of halogens is 1. The summed E-state index contributed by atoms with van der Waals surface area (Å²) in [7, 11) is 1.43. The molecule has 6 nitrogen and oxygen atoms in total. The van der Waals surface area contributed by atoms with Crippen molar-refractivity contribution in [1.82, 2.24) is 5.32 Å². The first-order valence-electron chi connectivity index (χ1n) is 12.1. The zero-order valence-corrected chi connectivity index (χ0v) is 21.9. The minimum Gasteiger partial charge on any atom is -0.496 e. The molecule has 1 aliphatic rings. The highest BCUT2D eigenvalue weighted by atomic mass is 79.9. The highest BCUT2D eigenvalue weighted by Crippen LogP contribution is 2.34. The predicted octanol–water partition coefficient (Wildman–Crippen LogP) is 6.04. The molecule has 1 aliphatic heterocycles. The summed E-state index contributed by atoms with van der Waals surface area (Å²) >= 11 is 3.43. The van der Waals surface area contributed by atoms with E-state index in [9.17, 15) is 14.7 Å². The van der Waals surface area contributed by atoms with E-state index in [1.807, 2.05) is 0 Å². The number of hydrogen-bond acceptors (Lipinski definition) is 4. The molecule has 2 aromatic rings. The van der Waals surface area contributed by atoms with Gasteiger partial charge in [-0.25, -0.2) is 4.79 Å². The summed E-state index contributed by atoms with van der Waals surface area (Å²) in [6.07, 6.45) is 6.73. The van der Waals surface area contributed by atoms with Crippen molar-refractivity contribution in [1.29, 1.82) is 0 Å². The number of benzene rings is 2. The van der Waals surface area contributed by atoms with Gasteiger partial charge in [0.05, 0.1) is 19.6 Å². The van der Waals surface area contributed by atoms with Gasteiger partial charge in [0.1, 0.15) is 11.3 Å². The van der Waals surface area contributed by atoms with E-state index < -0.39 is 5.97 Å². The number of aromatic carboxylic acids is 1. The summed E-state index contributed by atoms with van der Waals surface area (Å²) in [5.41, 5.74) is 4.39. The number of aryl methyl sites for hydroxylation is 1. The number of carbonyl (C=O) groups is 2. The zero-order valence-electron chi connectivity index (χ0n) is 20.3. The first-order chi connectivity index (χ1) is 16.3. The van der Waals surface area contributed by atoms with Gasteiger partial charge in [0.15, 0.2) is 0 Å². The first kappa shape index (κ1) is 26.1. The van der Waals surface area contributed by atoms with Crippen LogP contribution in [0.25, 0.3) is 0 Å². The molecule has 1 heterocycles. The Bertz CT molecular complexity index is 1020. The molecule has 3 rings (SSSR count). The molecule has 2 N–H and O–H groups in total. The smallest absolute Gasteiger partial charge is 0.339 e. The largest absolute Gasteiger partial charge is 0.496 e. The van der Waals surface area contributed by atoms with Crippen molar-refractivity contribution in [3.05, 3.63) is 57.1 Å². The molecule has 0 bridgehead atoms. The van der Waals surface area contributed by atoms with Crippen LogP contribution in [0.3, 0.4) is 0 Å². The second-order valence-electron chi connectivity index (χ2n) is 8.94. The van der Waals surface area contributed by atoms with Crippen LogP contribution < -0.4 is 15.0 Å². The van der Waals surface area contributed by atoms with E-state index in [-0.39, 0.29) is 29.7 Å². The van der Waals surface area contributed by atoms with Crippen LogP contribution in [0.1, 0.15) is 78.5 Å². The maximum absolute atomic E-state index is 13.2. The van der Waals surface area contributed by atoms with Gasteiger partial charge in [0, 0.05) is 28.8 Å². The number of nitrogens with zero attached hydrogens (tertiary/aromatic N) is 1. The molecular formula is C27H35BrN2O4. The van der Waals surface area contributed by atoms with Crippen LogP contribution in [0.4, 0.5) is 5.69 Å². The van der Waals surface area contributed by atoms with Gasteiger partial charge >= 0.3 is 5.97 Å². The first-order valence-corrected chi connectivity index (χ1v) is 12.9. The summed E-state index contributed by atoms with van der Waals surface area (Å²) in [5.74, 6) is -0.926. The normalized spacial score (nSPS) is 14.5. The lowest BCUT2D eigenvalue weighted by Gasteiger charge is -2.34. The maximum atomic E-state index is 13.2. The van der Waals surface area contributed by atoms with Crippen molar-refractivity contribution in [3.8, 4) is 5.75 Å². The minimum absolute atomic E-state index is 0.0606. The van der Waals surface area contributed by atoms with E-state index in [1.165, 1.54) is 49.3 Å². The minimum atomic E-state index is -1.07. The molecular weight excluding hydrogens is 496 g/mol. The second kappa shape index (κ2) is 12.2. The molecule has 0 spiro atoms. The lowest BCUT2D eigenvalue weighted by atomic mass is 9.93. The molecule has 2 aromatic carbocycles. The van der Waals surface area contributed by atoms with Crippen molar-refractivity contribution in [2.24, 2.45) is 0 Å². The summed E-state index contributed by atoms with van der Waals surface area (Å²) in [6, 6.07) is 9.46. The molecule has 0 aromatic heterocycles. The molecule has 0 saturated carbocycles. The van der Waals surface area contributed by atoms with Crippen LogP contribution in [0.5, 0.6) is 5.75 Å². The zero-order chi connectivity index (χ0) is 24.7. The van der Waals surface area contributed by atoms with Crippen molar-refractivity contribution in [2.45, 2.75) is 64.8 Å². The van der Waals surface area contributed by atoms with Gasteiger partial charge < -0.3 is 20.1 Å². The van der Waals surface area contributed by atoms with Crippen molar-refractivity contribution >= 4 is 33.5 Å². The Labute approximate surface area is 210 Å². The average Bonchev–Trinajstić information content (AvgIpc) is 2.83. The number of carbonyl (C=O) groups excluding carboxylic acids is 1. The third-order valence-electron chi connectivity index (χ3n) is 6.48. The van der Waals surface area contributed by atoms with E-state index in [4.69, 9.17) is 4.74 Å². The van der Waals surface area contributed by atoms with E-state index in [1.54, 1.807) is 6.07 Å². The van der Waals surface area contributed by atoms with Gasteiger partial charge in [-0.15, -0.1) is 0 Å². The summed E-state index contributed by atoms with van der Waals surface area (Å²) in [6.45, 7) is 6.39. The van der Waals surface area contributed by atoms with Crippen LogP contribution >= 0.6 is 15.9 Å². The fourth-order valence-electron chi connectivity index (χ4n) is 4.71. The number of carboxylic acids is 1. The average molecular weight is 531 g/mol. The van der Waals surface area contributed by atoms with Crippen molar-refractivity contribution in [2.75, 3.05) is 25.1 Å². The van der Waals surface area contributed by atoms with Crippen molar-refractivity contribution in [3.63, 3.8) is 0 Å². The van der Waals surface area contributed by atoms with Crippen molar-refractivity contribution < 1.29 is 19.4 Å². The number of carboxylic acid groups (broad SMARTS) is 1. The molecule has 1 amide bonds. The molecule has 1 fully saturated rings. The molecule has 1 saturated heterocycles. The monoisotopic (exact) mass is 530 g/mol. The number of rotatable bonds is 10. The Balaban J connectivity index is 1.87. The molecule has 0 radical (unpaired) electrons. The molecule has 7 heteroatoms. The number of ether oxygens (including phenoxy) is 1. The number of hydrogen-bond donors (Lipinski definition) is 2. The summed E-state index contributed by atoms with van der Waals surface area (Å²) < 4.78 is 5.83. The van der Waals surface area contributed by atoms with Crippen LogP contribution in [0, 0.1) is 6.92 Å². The number of piperidine rings is 1. The van der Waals surface area contributed by atoms with Crippen LogP contribution in [-0.2, 0) is 11.2 Å². The lowest BCUT2D eigenvalue weighted by Crippen LogP contribution is -2.34. The Kier molecular flexibility index (Phi) is 9.39. The standard InChI is InChI=1S/C27H35BrN2O4/c1-4-5-11-22(26-18(2)10-9-12-23(26)30-13-7-6-8-14-30)29-25(31)16-19-15-24(34-3)20(27(32)33)17-21(19)28/h9-10,12,15,17,22H,4-8,11,13-14,16H2,1-3H3,(H,29,31)(H,32,33). The Morgan fingerprint density at radius 3 is 2.59 bits per heavy atom.